The first kappa shape index (κ1) is 19.1. The Balaban J connectivity index is 1.40. The van der Waals surface area contributed by atoms with Gasteiger partial charge < -0.3 is 14.4 Å². The maximum atomic E-state index is 14.6. The molecular formula is C25H26FN3O5. The van der Waals surface area contributed by atoms with Crippen molar-refractivity contribution >= 4 is 17.7 Å². The molecule has 3 amide bonds. The van der Waals surface area contributed by atoms with Gasteiger partial charge in [0.05, 0.1) is 23.9 Å². The van der Waals surface area contributed by atoms with Gasteiger partial charge in [-0.3, -0.25) is 24.6 Å². The van der Waals surface area contributed by atoms with Crippen LogP contribution in [0.5, 0.6) is 5.75 Å². The summed E-state index contributed by atoms with van der Waals surface area (Å²) >= 11 is 0. The van der Waals surface area contributed by atoms with Gasteiger partial charge in [0.2, 0.25) is 11.8 Å². The number of nitrogens with zero attached hydrogens (tertiary/aromatic N) is 2. The number of benzene rings is 2. The van der Waals surface area contributed by atoms with E-state index in [0.717, 1.165) is 18.7 Å². The molecule has 3 aliphatic rings. The highest BCUT2D eigenvalue weighted by molar-refractivity contribution is 6.05. The molecule has 34 heavy (non-hydrogen) atoms. The van der Waals surface area contributed by atoms with E-state index in [1.807, 2.05) is 0 Å². The van der Waals surface area contributed by atoms with Gasteiger partial charge in [-0.25, -0.2) is 4.39 Å². The summed E-state index contributed by atoms with van der Waals surface area (Å²) in [4.78, 5) is 40.5. The molecule has 5 rings (SSSR count). The third-order valence-electron chi connectivity index (χ3n) is 6.32. The number of amides is 3. The molecule has 2 fully saturated rings. The van der Waals surface area contributed by atoms with E-state index in [2.05, 4.69) is 10.2 Å². The Kier molecular flexibility index (Phi) is 5.33. The van der Waals surface area contributed by atoms with Crippen LogP contribution < -0.4 is 10.1 Å². The Morgan fingerprint density at radius 1 is 1.21 bits per heavy atom. The number of halogens is 1. The average Bonchev–Trinajstić information content (AvgIpc) is 3.21. The van der Waals surface area contributed by atoms with Gasteiger partial charge in [0.1, 0.15) is 24.2 Å². The third-order valence-corrected chi connectivity index (χ3v) is 6.32. The molecule has 0 aliphatic carbocycles. The topological polar surface area (TPSA) is 88.2 Å². The molecule has 178 valence electrons. The summed E-state index contributed by atoms with van der Waals surface area (Å²) in [6, 6.07) is 2.54. The zero-order chi connectivity index (χ0) is 26.3. The zero-order valence-electron chi connectivity index (χ0n) is 21.5. The van der Waals surface area contributed by atoms with Gasteiger partial charge in [-0.2, -0.15) is 0 Å². The molecule has 3 heterocycles. The molecule has 2 saturated heterocycles. The number of hydrogen-bond donors (Lipinski definition) is 1. The number of rotatable bonds is 6. The lowest BCUT2D eigenvalue weighted by Crippen LogP contribution is -2.52. The number of piperidine rings is 1. The van der Waals surface area contributed by atoms with Crippen molar-refractivity contribution < 1.29 is 32.4 Å². The minimum absolute atomic E-state index is 0.0705. The molecule has 0 radical (unpaired) electrons. The lowest BCUT2D eigenvalue weighted by molar-refractivity contribution is -0.136. The molecule has 9 heteroatoms. The summed E-state index contributed by atoms with van der Waals surface area (Å²) < 4.78 is 50.7. The van der Waals surface area contributed by atoms with Crippen molar-refractivity contribution in [1.29, 1.82) is 0 Å². The monoisotopic (exact) mass is 470 g/mol. The second-order valence-electron chi connectivity index (χ2n) is 8.56. The molecule has 2 aromatic carbocycles. The molecular weight excluding hydrogens is 441 g/mol. The second-order valence-corrected chi connectivity index (χ2v) is 8.56. The summed E-state index contributed by atoms with van der Waals surface area (Å²) in [5.74, 6) is -2.24. The number of ether oxygens (including phenoxy) is 2. The normalized spacial score (nSPS) is 22.1. The first-order chi connectivity index (χ1) is 17.7. The highest BCUT2D eigenvalue weighted by Crippen LogP contribution is 2.34. The van der Waals surface area contributed by atoms with Gasteiger partial charge in [-0.1, -0.05) is 12.1 Å². The number of carbonyl (C=O) groups excluding carboxylic acids is 3. The lowest BCUT2D eigenvalue weighted by atomic mass is 10.0. The number of fused-ring (bicyclic) bond motifs is 1. The minimum atomic E-state index is -0.914. The number of morpholine rings is 1. The Bertz CT molecular complexity index is 1280. The molecule has 0 spiro atoms. The van der Waals surface area contributed by atoms with Crippen molar-refractivity contribution in [2.24, 2.45) is 0 Å². The highest BCUT2D eigenvalue weighted by atomic mass is 19.1. The van der Waals surface area contributed by atoms with Crippen molar-refractivity contribution in [2.75, 3.05) is 26.3 Å². The molecule has 0 bridgehead atoms. The molecule has 1 N–H and O–H groups in total. The third kappa shape index (κ3) is 4.53. The van der Waals surface area contributed by atoms with E-state index >= 15 is 0 Å². The molecule has 1 unspecified atom stereocenters. The van der Waals surface area contributed by atoms with Crippen molar-refractivity contribution in [3.63, 3.8) is 0 Å². The molecule has 2 aromatic rings. The van der Waals surface area contributed by atoms with Crippen LogP contribution in [0.25, 0.3) is 0 Å². The molecule has 8 nitrogen and oxygen atoms in total. The van der Waals surface area contributed by atoms with Crippen molar-refractivity contribution in [2.45, 2.75) is 38.6 Å². The van der Waals surface area contributed by atoms with E-state index < -0.39 is 41.7 Å². The predicted octanol–water partition coefficient (Wildman–Crippen LogP) is 2.00. The first-order valence-electron chi connectivity index (χ1n) is 12.7. The Labute approximate surface area is 200 Å². The van der Waals surface area contributed by atoms with Gasteiger partial charge in [0.15, 0.2) is 0 Å². The van der Waals surface area contributed by atoms with E-state index in [0.29, 0.717) is 19.8 Å². The minimum Gasteiger partial charge on any atom is -0.488 e. The van der Waals surface area contributed by atoms with E-state index in [9.17, 15) is 18.8 Å². The molecule has 1 atom stereocenters. The van der Waals surface area contributed by atoms with Crippen molar-refractivity contribution in [1.82, 2.24) is 15.1 Å². The van der Waals surface area contributed by atoms with Crippen LogP contribution in [0, 0.1) is 5.82 Å². The van der Waals surface area contributed by atoms with Crippen molar-refractivity contribution in [3.05, 3.63) is 64.4 Å². The van der Waals surface area contributed by atoms with Crippen LogP contribution in [0.1, 0.15) is 44.0 Å². The predicted molar refractivity (Wildman–Crippen MR) is 119 cm³/mol. The van der Waals surface area contributed by atoms with E-state index in [-0.39, 0.29) is 54.5 Å². The van der Waals surface area contributed by atoms with Crippen LogP contribution >= 0.6 is 0 Å². The maximum absolute atomic E-state index is 14.6. The summed E-state index contributed by atoms with van der Waals surface area (Å²) in [6.45, 7) is 3.10. The van der Waals surface area contributed by atoms with Gasteiger partial charge in [0.25, 0.3) is 5.91 Å². The van der Waals surface area contributed by atoms with Crippen LogP contribution in [0.15, 0.2) is 36.3 Å². The fraction of sp³-hybridized carbons (Fsp3) is 0.400. The van der Waals surface area contributed by atoms with Crippen molar-refractivity contribution in [3.8, 4) is 5.75 Å². The largest absolute Gasteiger partial charge is 0.488 e. The second kappa shape index (κ2) is 9.52. The SMILES string of the molecule is [2H]c1c([2H])c(OCc2cc(CN3CCOCC3)ccc2F)c2c(c1[2H])C(=O)N(C1CCC(=O)NC1=O)C2. The number of carbonyl (C=O) groups is 3. The van der Waals surface area contributed by atoms with Gasteiger partial charge >= 0.3 is 0 Å². The smallest absolute Gasteiger partial charge is 0.255 e. The standard InChI is InChI=1S/C25H26FN3O5/c26-20-5-4-16(13-28-8-10-33-11-9-28)12-17(20)15-34-22-3-1-2-18-19(22)14-29(25(18)32)21-6-7-23(30)27-24(21)31/h1-5,12,21H,6-11,13-15H2,(H,27,30,31)/i1D,2D,3D. The molecule has 0 aromatic heterocycles. The number of hydrogen-bond acceptors (Lipinski definition) is 6. The van der Waals surface area contributed by atoms with Crippen LogP contribution in [-0.2, 0) is 34.0 Å². The van der Waals surface area contributed by atoms with E-state index in [1.54, 1.807) is 12.1 Å². The van der Waals surface area contributed by atoms with Crippen LogP contribution in [-0.4, -0.2) is 59.9 Å². The fourth-order valence-corrected chi connectivity index (χ4v) is 4.49. The number of nitrogens with one attached hydrogen (secondary N) is 1. The van der Waals surface area contributed by atoms with Gasteiger partial charge in [0, 0.05) is 42.7 Å². The summed E-state index contributed by atoms with van der Waals surface area (Å²) in [7, 11) is 0. The zero-order valence-corrected chi connectivity index (χ0v) is 18.5. The molecule has 3 aliphatic heterocycles. The first-order valence-corrected chi connectivity index (χ1v) is 11.2. The lowest BCUT2D eigenvalue weighted by Gasteiger charge is -2.29. The molecule has 0 saturated carbocycles. The summed E-state index contributed by atoms with van der Waals surface area (Å²) in [5.41, 5.74) is 1.25. The summed E-state index contributed by atoms with van der Waals surface area (Å²) in [6.07, 6.45) is 0.206. The van der Waals surface area contributed by atoms with Crippen LogP contribution in [0.3, 0.4) is 0 Å². The van der Waals surface area contributed by atoms with E-state index in [1.165, 1.54) is 11.0 Å². The Morgan fingerprint density at radius 3 is 2.82 bits per heavy atom. The van der Waals surface area contributed by atoms with Gasteiger partial charge in [-0.15, -0.1) is 0 Å². The highest BCUT2D eigenvalue weighted by Gasteiger charge is 2.40. The van der Waals surface area contributed by atoms with E-state index in [4.69, 9.17) is 13.6 Å². The summed E-state index contributed by atoms with van der Waals surface area (Å²) in [5, 5.41) is 2.22. The Hall–Kier alpha value is -3.30. The maximum Gasteiger partial charge on any atom is 0.255 e. The fourth-order valence-electron chi connectivity index (χ4n) is 4.49. The number of imide groups is 1. The van der Waals surface area contributed by atoms with Crippen LogP contribution in [0.2, 0.25) is 0 Å². The van der Waals surface area contributed by atoms with Crippen LogP contribution in [0.4, 0.5) is 4.39 Å². The van der Waals surface area contributed by atoms with Gasteiger partial charge in [-0.05, 0) is 36.2 Å². The Morgan fingerprint density at radius 2 is 2.03 bits per heavy atom. The quantitative estimate of drug-likeness (QED) is 0.650. The average molecular weight is 471 g/mol.